The van der Waals surface area contributed by atoms with Crippen LogP contribution < -0.4 is 10.6 Å². The van der Waals surface area contributed by atoms with E-state index in [0.717, 1.165) is 29.8 Å². The molecule has 0 saturated carbocycles. The van der Waals surface area contributed by atoms with Crippen molar-refractivity contribution in [1.82, 2.24) is 0 Å². The van der Waals surface area contributed by atoms with Gasteiger partial charge in [-0.15, -0.1) is 0 Å². The normalized spacial score (nSPS) is 20.0. The molecule has 3 N–H and O–H groups in total. The molecule has 5 nitrogen and oxygen atoms in total. The van der Waals surface area contributed by atoms with Gasteiger partial charge in [0.05, 0.1) is 12.1 Å². The van der Waals surface area contributed by atoms with Gasteiger partial charge in [0, 0.05) is 18.8 Å². The highest BCUT2D eigenvalue weighted by Crippen LogP contribution is 2.27. The number of hydrogen-bond acceptors (Lipinski definition) is 5. The van der Waals surface area contributed by atoms with Crippen LogP contribution in [0.3, 0.4) is 0 Å². The molecule has 0 spiro atoms. The largest absolute Gasteiger partial charge is 0.461 e. The third-order valence-corrected chi connectivity index (χ3v) is 4.87. The van der Waals surface area contributed by atoms with Crippen molar-refractivity contribution in [2.24, 2.45) is 11.7 Å². The lowest BCUT2D eigenvalue weighted by atomic mass is 9.94. The van der Waals surface area contributed by atoms with E-state index in [0.29, 0.717) is 19.4 Å². The Hall–Kier alpha value is -2.37. The van der Waals surface area contributed by atoms with Gasteiger partial charge in [0.25, 0.3) is 0 Å². The van der Waals surface area contributed by atoms with Gasteiger partial charge in [-0.25, -0.2) is 0 Å². The topological polar surface area (TPSA) is 75.8 Å². The number of nitrogens with two attached hydrogens (primary N) is 1. The summed E-state index contributed by atoms with van der Waals surface area (Å²) in [4.78, 5) is 14.5. The monoisotopic (exact) mass is 354 g/mol. The first-order valence-corrected chi connectivity index (χ1v) is 9.10. The van der Waals surface area contributed by atoms with Crippen molar-refractivity contribution in [1.29, 1.82) is 0 Å². The Morgan fingerprint density at radius 3 is 2.50 bits per heavy atom. The minimum Gasteiger partial charge on any atom is -0.461 e. The zero-order valence-corrected chi connectivity index (χ0v) is 14.9. The van der Waals surface area contributed by atoms with Crippen LogP contribution in [0.4, 0.5) is 5.69 Å². The van der Waals surface area contributed by atoms with E-state index in [1.807, 2.05) is 54.6 Å². The van der Waals surface area contributed by atoms with Gasteiger partial charge >= 0.3 is 5.97 Å². The number of piperidine rings is 1. The number of nitrogens with zero attached hydrogens (tertiary/aromatic N) is 1. The highest BCUT2D eigenvalue weighted by Gasteiger charge is 2.31. The molecule has 0 amide bonds. The van der Waals surface area contributed by atoms with Gasteiger partial charge in [-0.2, -0.15) is 0 Å². The van der Waals surface area contributed by atoms with Crippen molar-refractivity contribution in [2.75, 3.05) is 18.1 Å². The number of hydrogen-bond donors (Lipinski definition) is 2. The van der Waals surface area contributed by atoms with Crippen molar-refractivity contribution < 1.29 is 14.6 Å². The molecule has 26 heavy (non-hydrogen) atoms. The third-order valence-electron chi connectivity index (χ3n) is 4.87. The molecule has 1 saturated heterocycles. The Labute approximate surface area is 154 Å². The third kappa shape index (κ3) is 4.62. The second-order valence-electron chi connectivity index (χ2n) is 6.72. The van der Waals surface area contributed by atoms with Gasteiger partial charge in [0.1, 0.15) is 6.61 Å². The molecule has 1 heterocycles. The molecule has 0 aromatic heterocycles. The Morgan fingerprint density at radius 1 is 1.12 bits per heavy atom. The molecular weight excluding hydrogens is 328 g/mol. The lowest BCUT2D eigenvalue weighted by Gasteiger charge is -2.38. The van der Waals surface area contributed by atoms with Gasteiger partial charge < -0.3 is 20.5 Å². The first kappa shape index (κ1) is 18.4. The number of ether oxygens (including phenoxy) is 1. The fourth-order valence-corrected chi connectivity index (χ4v) is 3.36. The number of esters is 1. The van der Waals surface area contributed by atoms with Gasteiger partial charge in [0.2, 0.25) is 0 Å². The molecule has 0 bridgehead atoms. The summed E-state index contributed by atoms with van der Waals surface area (Å²) in [7, 11) is 0. The molecule has 2 aromatic carbocycles. The van der Waals surface area contributed by atoms with Crippen LogP contribution >= 0.6 is 0 Å². The van der Waals surface area contributed by atoms with Crippen LogP contribution in [0.25, 0.3) is 0 Å². The Balaban J connectivity index is 1.53. The van der Waals surface area contributed by atoms with Gasteiger partial charge in [-0.3, -0.25) is 4.79 Å². The van der Waals surface area contributed by atoms with E-state index < -0.39 is 0 Å². The summed E-state index contributed by atoms with van der Waals surface area (Å²) < 4.78 is 5.46. The smallest absolute Gasteiger partial charge is 0.309 e. The first-order valence-electron chi connectivity index (χ1n) is 9.10. The fourth-order valence-electron chi connectivity index (χ4n) is 3.36. The number of benzene rings is 2. The van der Waals surface area contributed by atoms with E-state index in [1.54, 1.807) is 0 Å². The summed E-state index contributed by atoms with van der Waals surface area (Å²) in [5, 5.41) is 9.00. The SMILES string of the molecule is NC1CC(C(=O)OCc2ccccc2)CCN1c1ccc(CCO)cc1. The summed E-state index contributed by atoms with van der Waals surface area (Å²) in [5.74, 6) is -0.319. The molecule has 2 aromatic rings. The minimum absolute atomic E-state index is 0.148. The maximum absolute atomic E-state index is 12.4. The molecule has 1 aliphatic heterocycles. The second kappa shape index (κ2) is 8.83. The van der Waals surface area contributed by atoms with Crippen LogP contribution in [0.5, 0.6) is 0 Å². The highest BCUT2D eigenvalue weighted by molar-refractivity contribution is 5.73. The molecule has 1 fully saturated rings. The quantitative estimate of drug-likeness (QED) is 0.780. The summed E-state index contributed by atoms with van der Waals surface area (Å²) >= 11 is 0. The van der Waals surface area contributed by atoms with E-state index >= 15 is 0 Å². The molecule has 2 atom stereocenters. The Morgan fingerprint density at radius 2 is 1.85 bits per heavy atom. The van der Waals surface area contributed by atoms with Crippen LogP contribution in [-0.4, -0.2) is 30.4 Å². The highest BCUT2D eigenvalue weighted by atomic mass is 16.5. The van der Waals surface area contributed by atoms with E-state index in [1.165, 1.54) is 0 Å². The fraction of sp³-hybridized carbons (Fsp3) is 0.381. The van der Waals surface area contributed by atoms with Crippen molar-refractivity contribution in [3.8, 4) is 0 Å². The summed E-state index contributed by atoms with van der Waals surface area (Å²) in [6.07, 6.45) is 1.77. The van der Waals surface area contributed by atoms with Gasteiger partial charge in [-0.1, -0.05) is 42.5 Å². The van der Waals surface area contributed by atoms with Crippen LogP contribution in [0.2, 0.25) is 0 Å². The van der Waals surface area contributed by atoms with Crippen molar-refractivity contribution in [3.05, 3.63) is 65.7 Å². The van der Waals surface area contributed by atoms with Crippen LogP contribution in [0.1, 0.15) is 24.0 Å². The standard InChI is InChI=1S/C21H26N2O3/c22-20-14-18(21(25)26-15-17-4-2-1-3-5-17)10-12-23(20)19-8-6-16(7-9-19)11-13-24/h1-9,18,20,24H,10-15,22H2. The molecule has 5 heteroatoms. The average Bonchev–Trinajstić information content (AvgIpc) is 2.68. The summed E-state index contributed by atoms with van der Waals surface area (Å²) in [6, 6.07) is 17.8. The van der Waals surface area contributed by atoms with Crippen LogP contribution in [-0.2, 0) is 22.6 Å². The minimum atomic E-state index is -0.207. The predicted molar refractivity (Wildman–Crippen MR) is 102 cm³/mol. The zero-order valence-electron chi connectivity index (χ0n) is 14.9. The number of carbonyl (C=O) groups excluding carboxylic acids is 1. The summed E-state index contributed by atoms with van der Waals surface area (Å²) in [6.45, 7) is 1.18. The molecule has 2 unspecified atom stereocenters. The van der Waals surface area contributed by atoms with E-state index in [2.05, 4.69) is 4.90 Å². The maximum atomic E-state index is 12.4. The lowest BCUT2D eigenvalue weighted by Crippen LogP contribution is -2.49. The molecule has 0 aliphatic carbocycles. The number of aliphatic hydroxyl groups excluding tert-OH is 1. The van der Waals surface area contributed by atoms with E-state index in [-0.39, 0.29) is 24.7 Å². The number of anilines is 1. The van der Waals surface area contributed by atoms with Crippen molar-refractivity contribution in [2.45, 2.75) is 32.0 Å². The van der Waals surface area contributed by atoms with Crippen molar-refractivity contribution >= 4 is 11.7 Å². The van der Waals surface area contributed by atoms with E-state index in [9.17, 15) is 4.79 Å². The number of rotatable bonds is 6. The molecule has 3 rings (SSSR count). The lowest BCUT2D eigenvalue weighted by molar-refractivity contribution is -0.151. The van der Waals surface area contributed by atoms with Gasteiger partial charge in [-0.05, 0) is 42.5 Å². The Bertz CT molecular complexity index is 703. The number of carbonyl (C=O) groups is 1. The van der Waals surface area contributed by atoms with Crippen LogP contribution in [0.15, 0.2) is 54.6 Å². The first-order chi connectivity index (χ1) is 12.7. The predicted octanol–water partition coefficient (Wildman–Crippen LogP) is 2.47. The van der Waals surface area contributed by atoms with Gasteiger partial charge in [0.15, 0.2) is 0 Å². The second-order valence-corrected chi connectivity index (χ2v) is 6.72. The summed E-state index contributed by atoms with van der Waals surface area (Å²) in [5.41, 5.74) is 9.46. The maximum Gasteiger partial charge on any atom is 0.309 e. The Kier molecular flexibility index (Phi) is 6.26. The molecule has 138 valence electrons. The average molecular weight is 354 g/mol. The molecule has 1 aliphatic rings. The van der Waals surface area contributed by atoms with Crippen molar-refractivity contribution in [3.63, 3.8) is 0 Å². The van der Waals surface area contributed by atoms with E-state index in [4.69, 9.17) is 15.6 Å². The van der Waals surface area contributed by atoms with Crippen LogP contribution in [0, 0.1) is 5.92 Å². The number of aliphatic hydroxyl groups is 1. The zero-order chi connectivity index (χ0) is 18.4. The molecular formula is C21H26N2O3. The molecule has 0 radical (unpaired) electrons.